The minimum atomic E-state index is -0.242. The Morgan fingerprint density at radius 2 is 1.55 bits per heavy atom. The molecule has 4 heteroatoms. The van der Waals surface area contributed by atoms with Crippen molar-refractivity contribution in [3.8, 4) is 0 Å². The van der Waals surface area contributed by atoms with E-state index in [0.717, 1.165) is 51.1 Å². The van der Waals surface area contributed by atoms with Crippen molar-refractivity contribution in [2.24, 2.45) is 11.8 Å². The summed E-state index contributed by atoms with van der Waals surface area (Å²) < 4.78 is 5.74. The first-order valence-corrected chi connectivity index (χ1v) is 8.22. The summed E-state index contributed by atoms with van der Waals surface area (Å²) in [4.78, 5) is 4.78. The van der Waals surface area contributed by atoms with Crippen molar-refractivity contribution >= 4 is 0 Å². The van der Waals surface area contributed by atoms with Crippen molar-refractivity contribution in [1.82, 2.24) is 9.80 Å². The summed E-state index contributed by atoms with van der Waals surface area (Å²) >= 11 is 0. The molecule has 0 aromatic rings. The second-order valence-electron chi connectivity index (χ2n) is 7.13. The fourth-order valence-corrected chi connectivity index (χ4v) is 3.60. The van der Waals surface area contributed by atoms with Crippen LogP contribution >= 0.6 is 0 Å². The zero-order valence-electron chi connectivity index (χ0n) is 13.6. The van der Waals surface area contributed by atoms with Gasteiger partial charge >= 0.3 is 0 Å². The van der Waals surface area contributed by atoms with Gasteiger partial charge in [-0.1, -0.05) is 13.8 Å². The molecule has 5 unspecified atom stereocenters. The van der Waals surface area contributed by atoms with E-state index in [4.69, 9.17) is 4.74 Å². The van der Waals surface area contributed by atoms with Gasteiger partial charge in [0, 0.05) is 32.7 Å². The van der Waals surface area contributed by atoms with E-state index in [1.165, 1.54) is 6.42 Å². The van der Waals surface area contributed by atoms with E-state index in [-0.39, 0.29) is 18.3 Å². The van der Waals surface area contributed by atoms with Gasteiger partial charge in [0.2, 0.25) is 0 Å². The number of likely N-dealkylation sites (tertiary alicyclic amines) is 1. The molecule has 0 radical (unpaired) electrons. The molecule has 0 amide bonds. The minimum Gasteiger partial charge on any atom is -0.390 e. The second kappa shape index (κ2) is 7.21. The van der Waals surface area contributed by atoms with E-state index in [9.17, 15) is 5.11 Å². The molecule has 0 aromatic heterocycles. The second-order valence-corrected chi connectivity index (χ2v) is 7.13. The first kappa shape index (κ1) is 16.2. The Labute approximate surface area is 124 Å². The number of aliphatic hydroxyl groups excluding tert-OH is 1. The van der Waals surface area contributed by atoms with Gasteiger partial charge in [0.25, 0.3) is 0 Å². The zero-order valence-corrected chi connectivity index (χ0v) is 13.6. The maximum atomic E-state index is 10.4. The number of β-amino-alcohol motifs (C(OH)–C–C–N with tert-alkyl or cyclic N) is 1. The van der Waals surface area contributed by atoms with Gasteiger partial charge in [0.05, 0.1) is 18.3 Å². The van der Waals surface area contributed by atoms with Crippen LogP contribution in [0.1, 0.15) is 34.1 Å². The van der Waals surface area contributed by atoms with Crippen LogP contribution in [0, 0.1) is 11.8 Å². The summed E-state index contributed by atoms with van der Waals surface area (Å²) in [5, 5.41) is 10.4. The number of piperidine rings is 1. The summed E-state index contributed by atoms with van der Waals surface area (Å²) in [6, 6.07) is 0. The highest BCUT2D eigenvalue weighted by Gasteiger charge is 2.27. The quantitative estimate of drug-likeness (QED) is 0.847. The molecular formula is C16H32N2O2. The molecule has 2 saturated heterocycles. The summed E-state index contributed by atoms with van der Waals surface area (Å²) in [6.45, 7) is 14.6. The molecule has 2 aliphatic rings. The predicted octanol–water partition coefficient (Wildman–Crippen LogP) is 1.43. The maximum Gasteiger partial charge on any atom is 0.0793 e. The molecule has 2 aliphatic heterocycles. The monoisotopic (exact) mass is 284 g/mol. The molecule has 118 valence electrons. The molecule has 0 aromatic carbocycles. The van der Waals surface area contributed by atoms with E-state index >= 15 is 0 Å². The van der Waals surface area contributed by atoms with E-state index in [1.807, 2.05) is 0 Å². The first-order valence-electron chi connectivity index (χ1n) is 8.22. The maximum absolute atomic E-state index is 10.4. The zero-order chi connectivity index (χ0) is 14.7. The van der Waals surface area contributed by atoms with Crippen molar-refractivity contribution in [3.63, 3.8) is 0 Å². The smallest absolute Gasteiger partial charge is 0.0793 e. The van der Waals surface area contributed by atoms with E-state index < -0.39 is 0 Å². The van der Waals surface area contributed by atoms with Crippen LogP contribution in [0.15, 0.2) is 0 Å². The van der Waals surface area contributed by atoms with Crippen molar-refractivity contribution in [1.29, 1.82) is 0 Å². The van der Waals surface area contributed by atoms with Crippen LogP contribution in [0.3, 0.4) is 0 Å². The van der Waals surface area contributed by atoms with Crippen molar-refractivity contribution in [2.75, 3.05) is 39.3 Å². The van der Waals surface area contributed by atoms with Crippen molar-refractivity contribution < 1.29 is 9.84 Å². The van der Waals surface area contributed by atoms with Crippen molar-refractivity contribution in [3.05, 3.63) is 0 Å². The van der Waals surface area contributed by atoms with Crippen LogP contribution in [0.2, 0.25) is 0 Å². The summed E-state index contributed by atoms with van der Waals surface area (Å²) in [6.07, 6.45) is 1.58. The average Bonchev–Trinajstić information content (AvgIpc) is 2.32. The van der Waals surface area contributed by atoms with E-state index in [0.29, 0.717) is 0 Å². The molecule has 1 N–H and O–H groups in total. The van der Waals surface area contributed by atoms with E-state index in [2.05, 4.69) is 37.5 Å². The lowest BCUT2D eigenvalue weighted by Gasteiger charge is -2.39. The lowest BCUT2D eigenvalue weighted by atomic mass is 9.88. The highest BCUT2D eigenvalue weighted by Crippen LogP contribution is 2.22. The normalized spacial score (nSPS) is 38.9. The topological polar surface area (TPSA) is 35.9 Å². The molecule has 5 atom stereocenters. The third kappa shape index (κ3) is 4.69. The number of rotatable bonds is 4. The summed E-state index contributed by atoms with van der Waals surface area (Å²) in [5.74, 6) is 1.57. The van der Waals surface area contributed by atoms with Crippen LogP contribution in [-0.4, -0.2) is 72.5 Å². The van der Waals surface area contributed by atoms with Crippen LogP contribution < -0.4 is 0 Å². The van der Waals surface area contributed by atoms with Crippen molar-refractivity contribution in [2.45, 2.75) is 52.4 Å². The third-order valence-corrected chi connectivity index (χ3v) is 4.85. The van der Waals surface area contributed by atoms with Crippen LogP contribution in [-0.2, 0) is 4.74 Å². The number of ether oxygens (including phenoxy) is 1. The Morgan fingerprint density at radius 3 is 2.15 bits per heavy atom. The van der Waals surface area contributed by atoms with Gasteiger partial charge < -0.3 is 14.7 Å². The highest BCUT2D eigenvalue weighted by atomic mass is 16.5. The van der Waals surface area contributed by atoms with Crippen LogP contribution in [0.4, 0.5) is 0 Å². The molecule has 4 nitrogen and oxygen atoms in total. The fraction of sp³-hybridized carbons (Fsp3) is 1.00. The fourth-order valence-electron chi connectivity index (χ4n) is 3.60. The SMILES string of the molecule is CC1CN(CC(O)CN2CCC(C)C(C)C2)CC(C)O1. The van der Waals surface area contributed by atoms with Crippen LogP contribution in [0.5, 0.6) is 0 Å². The molecule has 2 fully saturated rings. The summed E-state index contributed by atoms with van der Waals surface area (Å²) in [5.41, 5.74) is 0. The molecule has 2 rings (SSSR count). The van der Waals surface area contributed by atoms with Crippen LogP contribution in [0.25, 0.3) is 0 Å². The predicted molar refractivity (Wildman–Crippen MR) is 81.8 cm³/mol. The highest BCUT2D eigenvalue weighted by molar-refractivity contribution is 4.80. The van der Waals surface area contributed by atoms with Gasteiger partial charge in [0.15, 0.2) is 0 Å². The Bertz CT molecular complexity index is 290. The molecule has 20 heavy (non-hydrogen) atoms. The first-order chi connectivity index (χ1) is 9.44. The molecular weight excluding hydrogens is 252 g/mol. The molecule has 2 heterocycles. The van der Waals surface area contributed by atoms with Gasteiger partial charge in [0.1, 0.15) is 0 Å². The number of morpholine rings is 1. The molecule has 0 spiro atoms. The van der Waals surface area contributed by atoms with Gasteiger partial charge in [-0.2, -0.15) is 0 Å². The largest absolute Gasteiger partial charge is 0.390 e. The summed E-state index contributed by atoms with van der Waals surface area (Å²) in [7, 11) is 0. The Morgan fingerprint density at radius 1 is 0.950 bits per heavy atom. The van der Waals surface area contributed by atoms with Gasteiger partial charge in [-0.15, -0.1) is 0 Å². The Kier molecular flexibility index (Phi) is 5.84. The Hall–Kier alpha value is -0.160. The molecule has 0 aliphatic carbocycles. The van der Waals surface area contributed by atoms with Gasteiger partial charge in [-0.3, -0.25) is 4.90 Å². The molecule has 0 bridgehead atoms. The minimum absolute atomic E-state index is 0.242. The Balaban J connectivity index is 1.73. The average molecular weight is 284 g/mol. The number of hydrogen-bond donors (Lipinski definition) is 1. The number of nitrogens with zero attached hydrogens (tertiary/aromatic N) is 2. The van der Waals surface area contributed by atoms with E-state index in [1.54, 1.807) is 0 Å². The standard InChI is InChI=1S/C16H32N2O2/c1-12-5-6-17(7-13(12)2)10-16(19)11-18-8-14(3)20-15(4)9-18/h12-16,19H,5-11H2,1-4H3. The molecule has 0 saturated carbocycles. The third-order valence-electron chi connectivity index (χ3n) is 4.85. The number of hydrogen-bond acceptors (Lipinski definition) is 4. The lowest BCUT2D eigenvalue weighted by molar-refractivity contribution is -0.0786. The number of aliphatic hydroxyl groups is 1. The van der Waals surface area contributed by atoms with Gasteiger partial charge in [-0.25, -0.2) is 0 Å². The van der Waals surface area contributed by atoms with Gasteiger partial charge in [-0.05, 0) is 38.6 Å². The lowest BCUT2D eigenvalue weighted by Crippen LogP contribution is -2.50.